The summed E-state index contributed by atoms with van der Waals surface area (Å²) in [5.74, 6) is -0.375. The van der Waals surface area contributed by atoms with Crippen LogP contribution in [-0.2, 0) is 16.1 Å². The van der Waals surface area contributed by atoms with Gasteiger partial charge in [0.2, 0.25) is 0 Å². The molecule has 7 nitrogen and oxygen atoms in total. The summed E-state index contributed by atoms with van der Waals surface area (Å²) in [6.07, 6.45) is 1.47. The first-order valence-corrected chi connectivity index (χ1v) is 6.93. The molecule has 2 atom stereocenters. The Morgan fingerprint density at radius 3 is 2.85 bits per heavy atom. The Bertz CT molecular complexity index is 460. The largest absolute Gasteiger partial charge is 0.481 e. The van der Waals surface area contributed by atoms with Crippen LogP contribution in [0.1, 0.15) is 45.4 Å². The average Bonchev–Trinajstić information content (AvgIpc) is 2.94. The lowest BCUT2D eigenvalue weighted by Crippen LogP contribution is -2.27. The zero-order valence-corrected chi connectivity index (χ0v) is 12.2. The molecule has 0 aromatic carbocycles. The van der Waals surface area contributed by atoms with Crippen LogP contribution in [0.15, 0.2) is 0 Å². The third-order valence-electron chi connectivity index (χ3n) is 3.46. The van der Waals surface area contributed by atoms with Crippen LogP contribution in [0.3, 0.4) is 0 Å². The molecule has 0 radical (unpaired) electrons. The molecule has 0 saturated carbocycles. The fraction of sp³-hybridized carbons (Fsp3) is 0.846. The minimum absolute atomic E-state index is 0.0479. The molecule has 2 heterocycles. The number of carboxylic acids is 1. The number of aromatic nitrogens is 4. The summed E-state index contributed by atoms with van der Waals surface area (Å²) in [5.41, 5.74) is -0.0479. The molecule has 1 aliphatic heterocycles. The molecule has 0 bridgehead atoms. The van der Waals surface area contributed by atoms with Crippen molar-refractivity contribution in [1.29, 1.82) is 0 Å². The standard InChI is InChI=1S/C13H22N4O3/c1-13(2,3)6-10(12(18)19)7-17-11(14-15-16-17)9-4-5-20-8-9/h9-10H,4-8H2,1-3H3,(H,18,19). The second kappa shape index (κ2) is 5.87. The highest BCUT2D eigenvalue weighted by atomic mass is 16.5. The predicted octanol–water partition coefficient (Wildman–Crippen LogP) is 1.31. The normalized spacial score (nSPS) is 21.1. The number of aliphatic carboxylic acids is 1. The zero-order valence-electron chi connectivity index (χ0n) is 12.2. The van der Waals surface area contributed by atoms with E-state index in [2.05, 4.69) is 15.5 Å². The number of hydrogen-bond acceptors (Lipinski definition) is 5. The SMILES string of the molecule is CC(C)(C)CC(Cn1nnnc1C1CCOC1)C(=O)O. The molecule has 1 aromatic heterocycles. The van der Waals surface area contributed by atoms with Gasteiger partial charge in [-0.15, -0.1) is 5.10 Å². The predicted molar refractivity (Wildman–Crippen MR) is 71.2 cm³/mol. The van der Waals surface area contributed by atoms with Crippen LogP contribution in [0.5, 0.6) is 0 Å². The van der Waals surface area contributed by atoms with Crippen molar-refractivity contribution in [2.45, 2.75) is 46.1 Å². The second-order valence-electron chi connectivity index (χ2n) is 6.58. The monoisotopic (exact) mass is 282 g/mol. The Morgan fingerprint density at radius 2 is 2.30 bits per heavy atom. The minimum Gasteiger partial charge on any atom is -0.481 e. The lowest BCUT2D eigenvalue weighted by atomic mass is 9.84. The van der Waals surface area contributed by atoms with Gasteiger partial charge < -0.3 is 9.84 Å². The van der Waals surface area contributed by atoms with Gasteiger partial charge in [0, 0.05) is 12.5 Å². The molecule has 7 heteroatoms. The number of carboxylic acid groups (broad SMARTS) is 1. The van der Waals surface area contributed by atoms with Crippen LogP contribution in [0.4, 0.5) is 0 Å². The summed E-state index contributed by atoms with van der Waals surface area (Å²) < 4.78 is 6.97. The fourth-order valence-electron chi connectivity index (χ4n) is 2.55. The van der Waals surface area contributed by atoms with Gasteiger partial charge in [-0.2, -0.15) is 0 Å². The van der Waals surface area contributed by atoms with Crippen LogP contribution in [0.25, 0.3) is 0 Å². The molecule has 20 heavy (non-hydrogen) atoms. The van der Waals surface area contributed by atoms with E-state index >= 15 is 0 Å². The maximum atomic E-state index is 11.4. The third-order valence-corrected chi connectivity index (χ3v) is 3.46. The highest BCUT2D eigenvalue weighted by molar-refractivity contribution is 5.69. The van der Waals surface area contributed by atoms with Gasteiger partial charge in [0.15, 0.2) is 5.82 Å². The highest BCUT2D eigenvalue weighted by Gasteiger charge is 2.29. The van der Waals surface area contributed by atoms with Gasteiger partial charge in [-0.05, 0) is 28.7 Å². The molecule has 112 valence electrons. The molecular weight excluding hydrogens is 260 g/mol. The van der Waals surface area contributed by atoms with E-state index in [-0.39, 0.29) is 11.3 Å². The summed E-state index contributed by atoms with van der Waals surface area (Å²) in [5, 5.41) is 21.1. The van der Waals surface area contributed by atoms with E-state index in [9.17, 15) is 9.90 Å². The van der Waals surface area contributed by atoms with Crippen molar-refractivity contribution in [1.82, 2.24) is 20.2 Å². The summed E-state index contributed by atoms with van der Waals surface area (Å²) in [7, 11) is 0. The first-order valence-electron chi connectivity index (χ1n) is 6.93. The number of carbonyl (C=O) groups is 1. The van der Waals surface area contributed by atoms with E-state index in [1.54, 1.807) is 4.68 Å². The van der Waals surface area contributed by atoms with Crippen molar-refractivity contribution < 1.29 is 14.6 Å². The van der Waals surface area contributed by atoms with Crippen molar-refractivity contribution in [3.05, 3.63) is 5.82 Å². The lowest BCUT2D eigenvalue weighted by Gasteiger charge is -2.23. The van der Waals surface area contributed by atoms with Crippen molar-refractivity contribution >= 4 is 5.97 Å². The van der Waals surface area contributed by atoms with Gasteiger partial charge in [-0.25, -0.2) is 4.68 Å². The van der Waals surface area contributed by atoms with Gasteiger partial charge in [-0.1, -0.05) is 20.8 Å². The van der Waals surface area contributed by atoms with Gasteiger partial charge in [0.1, 0.15) is 0 Å². The number of hydrogen-bond donors (Lipinski definition) is 1. The summed E-state index contributed by atoms with van der Waals surface area (Å²) in [4.78, 5) is 11.4. The maximum Gasteiger partial charge on any atom is 0.308 e. The van der Waals surface area contributed by atoms with E-state index in [1.807, 2.05) is 20.8 Å². The Labute approximate surface area is 118 Å². The van der Waals surface area contributed by atoms with Crippen LogP contribution >= 0.6 is 0 Å². The van der Waals surface area contributed by atoms with E-state index < -0.39 is 11.9 Å². The molecule has 0 amide bonds. The minimum atomic E-state index is -0.802. The molecule has 2 rings (SSSR count). The maximum absolute atomic E-state index is 11.4. The summed E-state index contributed by atoms with van der Waals surface area (Å²) in [6.45, 7) is 7.74. The number of nitrogens with zero attached hydrogens (tertiary/aromatic N) is 4. The molecule has 1 aromatic rings. The van der Waals surface area contributed by atoms with Gasteiger partial charge in [-0.3, -0.25) is 4.79 Å². The number of rotatable bonds is 5. The Kier molecular flexibility index (Phi) is 4.37. The molecule has 1 fully saturated rings. The lowest BCUT2D eigenvalue weighted by molar-refractivity contribution is -0.143. The second-order valence-corrected chi connectivity index (χ2v) is 6.58. The molecule has 1 N–H and O–H groups in total. The Morgan fingerprint density at radius 1 is 1.55 bits per heavy atom. The molecule has 2 unspecified atom stereocenters. The molecular formula is C13H22N4O3. The van der Waals surface area contributed by atoms with E-state index in [0.717, 1.165) is 12.2 Å². The smallest absolute Gasteiger partial charge is 0.308 e. The third kappa shape index (κ3) is 3.75. The molecule has 0 spiro atoms. The van der Waals surface area contributed by atoms with Crippen LogP contribution < -0.4 is 0 Å². The van der Waals surface area contributed by atoms with Crippen LogP contribution in [0, 0.1) is 11.3 Å². The number of ether oxygens (including phenoxy) is 1. The van der Waals surface area contributed by atoms with Crippen molar-refractivity contribution in [3.63, 3.8) is 0 Å². The first-order chi connectivity index (χ1) is 9.37. The Balaban J connectivity index is 2.10. The van der Waals surface area contributed by atoms with Gasteiger partial charge >= 0.3 is 5.97 Å². The van der Waals surface area contributed by atoms with E-state index in [0.29, 0.717) is 26.2 Å². The average molecular weight is 282 g/mol. The van der Waals surface area contributed by atoms with E-state index in [1.165, 1.54) is 0 Å². The van der Waals surface area contributed by atoms with Crippen molar-refractivity contribution in [3.8, 4) is 0 Å². The van der Waals surface area contributed by atoms with Crippen molar-refractivity contribution in [2.75, 3.05) is 13.2 Å². The zero-order chi connectivity index (χ0) is 14.8. The summed E-state index contributed by atoms with van der Waals surface area (Å²) >= 11 is 0. The van der Waals surface area contributed by atoms with Crippen LogP contribution in [0.2, 0.25) is 0 Å². The Hall–Kier alpha value is -1.50. The van der Waals surface area contributed by atoms with Gasteiger partial charge in [0.05, 0.1) is 19.1 Å². The molecule has 1 aliphatic rings. The number of tetrazole rings is 1. The highest BCUT2D eigenvalue weighted by Crippen LogP contribution is 2.27. The van der Waals surface area contributed by atoms with Crippen LogP contribution in [-0.4, -0.2) is 44.5 Å². The van der Waals surface area contributed by atoms with E-state index in [4.69, 9.17) is 4.74 Å². The molecule has 0 aliphatic carbocycles. The van der Waals surface area contributed by atoms with Crippen molar-refractivity contribution in [2.24, 2.45) is 11.3 Å². The molecule has 1 saturated heterocycles. The first kappa shape index (κ1) is 14.9. The summed E-state index contributed by atoms with van der Waals surface area (Å²) in [6, 6.07) is 0. The topological polar surface area (TPSA) is 90.1 Å². The quantitative estimate of drug-likeness (QED) is 0.875. The fourth-order valence-corrected chi connectivity index (χ4v) is 2.55. The van der Waals surface area contributed by atoms with Gasteiger partial charge in [0.25, 0.3) is 0 Å².